The predicted octanol–water partition coefficient (Wildman–Crippen LogP) is 0.733. The molecule has 0 aliphatic carbocycles. The first-order valence-corrected chi connectivity index (χ1v) is 9.49. The summed E-state index contributed by atoms with van der Waals surface area (Å²) >= 11 is 0. The average molecular weight is 348 g/mol. The maximum atomic E-state index is 9.42. The lowest BCUT2D eigenvalue weighted by atomic mass is 9.99. The number of aromatic nitrogens is 2. The Morgan fingerprint density at radius 1 is 1.24 bits per heavy atom. The van der Waals surface area contributed by atoms with Crippen LogP contribution in [0.2, 0.25) is 0 Å². The average Bonchev–Trinajstić information content (AvgIpc) is 2.64. The summed E-state index contributed by atoms with van der Waals surface area (Å²) in [5.74, 6) is 2.21. The van der Waals surface area contributed by atoms with Crippen molar-refractivity contribution in [3.8, 4) is 0 Å². The van der Waals surface area contributed by atoms with Gasteiger partial charge in [-0.15, -0.1) is 0 Å². The van der Waals surface area contributed by atoms with Crippen LogP contribution in [0.1, 0.15) is 19.8 Å². The van der Waals surface area contributed by atoms with Crippen LogP contribution in [-0.2, 0) is 0 Å². The van der Waals surface area contributed by atoms with Crippen molar-refractivity contribution in [2.24, 2.45) is 5.92 Å². The van der Waals surface area contributed by atoms with Crippen LogP contribution in [0.3, 0.4) is 0 Å². The van der Waals surface area contributed by atoms with E-state index in [1.54, 1.807) is 6.33 Å². The van der Waals surface area contributed by atoms with Gasteiger partial charge in [-0.3, -0.25) is 4.90 Å². The van der Waals surface area contributed by atoms with Crippen molar-refractivity contribution in [2.75, 3.05) is 69.7 Å². The third-order valence-electron chi connectivity index (χ3n) is 5.28. The van der Waals surface area contributed by atoms with E-state index in [1.807, 2.05) is 6.07 Å². The van der Waals surface area contributed by atoms with Crippen molar-refractivity contribution in [3.05, 3.63) is 12.4 Å². The fraction of sp³-hybridized carbons (Fsp3) is 0.778. The first-order chi connectivity index (χ1) is 12.1. The molecule has 2 aliphatic rings. The fourth-order valence-corrected chi connectivity index (χ4v) is 3.74. The molecule has 2 saturated heterocycles. The highest BCUT2D eigenvalue weighted by molar-refractivity contribution is 5.49. The van der Waals surface area contributed by atoms with Crippen molar-refractivity contribution < 1.29 is 5.11 Å². The molecule has 0 radical (unpaired) electrons. The van der Waals surface area contributed by atoms with Gasteiger partial charge in [0, 0.05) is 64.5 Å². The molecule has 1 aromatic heterocycles. The molecule has 2 aliphatic heterocycles. The number of piperazine rings is 1. The number of rotatable bonds is 6. The van der Waals surface area contributed by atoms with Gasteiger partial charge in [0.05, 0.1) is 0 Å². The van der Waals surface area contributed by atoms with Crippen molar-refractivity contribution in [3.63, 3.8) is 0 Å². The second kappa shape index (κ2) is 8.78. The zero-order chi connectivity index (χ0) is 17.6. The van der Waals surface area contributed by atoms with E-state index in [9.17, 15) is 5.11 Å². The third kappa shape index (κ3) is 5.26. The van der Waals surface area contributed by atoms with Crippen LogP contribution in [0.25, 0.3) is 0 Å². The van der Waals surface area contributed by atoms with Crippen molar-refractivity contribution in [1.82, 2.24) is 19.8 Å². The first kappa shape index (κ1) is 18.4. The summed E-state index contributed by atoms with van der Waals surface area (Å²) in [6.07, 6.45) is 3.85. The first-order valence-electron chi connectivity index (χ1n) is 9.49. The van der Waals surface area contributed by atoms with Crippen molar-refractivity contribution in [1.29, 1.82) is 0 Å². The molecule has 1 aromatic rings. The largest absolute Gasteiger partial charge is 0.396 e. The van der Waals surface area contributed by atoms with E-state index in [0.717, 1.165) is 70.3 Å². The normalized spacial score (nSPS) is 24.3. The molecule has 2 fully saturated rings. The van der Waals surface area contributed by atoms with Gasteiger partial charge in [-0.25, -0.2) is 9.97 Å². The summed E-state index contributed by atoms with van der Waals surface area (Å²) in [7, 11) is 2.18. The minimum atomic E-state index is 0.259. The number of hydrogen-bond donors (Lipinski definition) is 2. The van der Waals surface area contributed by atoms with Gasteiger partial charge in [0.2, 0.25) is 0 Å². The lowest BCUT2D eigenvalue weighted by Crippen LogP contribution is -2.47. The number of piperidine rings is 1. The summed E-state index contributed by atoms with van der Waals surface area (Å²) < 4.78 is 0. The number of nitrogens with zero attached hydrogens (tertiary/aromatic N) is 5. The SMILES string of the molecule is CC(CN1CCN(C)CC1)Nc1cc(N2CCCC(CO)C2)ncn1. The molecule has 140 valence electrons. The zero-order valence-electron chi connectivity index (χ0n) is 15.6. The van der Waals surface area contributed by atoms with Crippen LogP contribution in [0, 0.1) is 5.92 Å². The Labute approximate surface area is 151 Å². The topological polar surface area (TPSA) is 67.8 Å². The molecule has 0 saturated carbocycles. The molecule has 7 nitrogen and oxygen atoms in total. The smallest absolute Gasteiger partial charge is 0.134 e. The Hall–Kier alpha value is -1.44. The van der Waals surface area contributed by atoms with Crippen LogP contribution in [0.15, 0.2) is 12.4 Å². The molecule has 0 bridgehead atoms. The Morgan fingerprint density at radius 2 is 2.04 bits per heavy atom. The van der Waals surface area contributed by atoms with Gasteiger partial charge < -0.3 is 20.2 Å². The molecular formula is C18H32N6O. The molecule has 25 heavy (non-hydrogen) atoms. The summed E-state index contributed by atoms with van der Waals surface area (Å²) in [6, 6.07) is 2.39. The molecule has 2 unspecified atom stereocenters. The molecular weight excluding hydrogens is 316 g/mol. The highest BCUT2D eigenvalue weighted by atomic mass is 16.3. The van der Waals surface area contributed by atoms with Gasteiger partial charge in [0.1, 0.15) is 18.0 Å². The minimum absolute atomic E-state index is 0.259. The number of aliphatic hydroxyl groups is 1. The molecule has 3 heterocycles. The molecule has 0 spiro atoms. The van der Waals surface area contributed by atoms with Crippen molar-refractivity contribution >= 4 is 11.6 Å². The van der Waals surface area contributed by atoms with Gasteiger partial charge in [-0.1, -0.05) is 0 Å². The van der Waals surface area contributed by atoms with E-state index in [0.29, 0.717) is 12.0 Å². The van der Waals surface area contributed by atoms with Crippen LogP contribution in [0.5, 0.6) is 0 Å². The standard InChI is InChI=1S/C18H32N6O/c1-15(11-23-8-6-22(2)7-9-23)21-17-10-18(20-14-19-17)24-5-3-4-16(12-24)13-25/h10,14-16,25H,3-9,11-13H2,1-2H3,(H,19,20,21). The second-order valence-corrected chi connectivity index (χ2v) is 7.55. The Bertz CT molecular complexity index is 534. The summed E-state index contributed by atoms with van der Waals surface area (Å²) in [6.45, 7) is 9.94. The van der Waals surface area contributed by atoms with Gasteiger partial charge in [0.25, 0.3) is 0 Å². The van der Waals surface area contributed by atoms with E-state index in [1.165, 1.54) is 0 Å². The van der Waals surface area contributed by atoms with E-state index >= 15 is 0 Å². The van der Waals surface area contributed by atoms with Crippen LogP contribution in [0.4, 0.5) is 11.6 Å². The van der Waals surface area contributed by atoms with Crippen LogP contribution >= 0.6 is 0 Å². The number of hydrogen-bond acceptors (Lipinski definition) is 7. The Morgan fingerprint density at radius 3 is 2.80 bits per heavy atom. The van der Waals surface area contributed by atoms with Crippen molar-refractivity contribution in [2.45, 2.75) is 25.8 Å². The summed E-state index contributed by atoms with van der Waals surface area (Å²) in [4.78, 5) is 16.0. The Kier molecular flexibility index (Phi) is 6.45. The highest BCUT2D eigenvalue weighted by Gasteiger charge is 2.21. The molecule has 0 aromatic carbocycles. The number of nitrogens with one attached hydrogen (secondary N) is 1. The molecule has 7 heteroatoms. The number of aliphatic hydroxyl groups excluding tert-OH is 1. The third-order valence-corrected chi connectivity index (χ3v) is 5.28. The van der Waals surface area contributed by atoms with Gasteiger partial charge >= 0.3 is 0 Å². The van der Waals surface area contributed by atoms with Gasteiger partial charge in [-0.05, 0) is 32.7 Å². The zero-order valence-corrected chi connectivity index (χ0v) is 15.6. The van der Waals surface area contributed by atoms with Gasteiger partial charge in [-0.2, -0.15) is 0 Å². The maximum Gasteiger partial charge on any atom is 0.134 e. The van der Waals surface area contributed by atoms with Gasteiger partial charge in [0.15, 0.2) is 0 Å². The molecule has 2 atom stereocenters. The Balaban J connectivity index is 1.54. The quantitative estimate of drug-likeness (QED) is 0.786. The lowest BCUT2D eigenvalue weighted by Gasteiger charge is -2.34. The number of anilines is 2. The second-order valence-electron chi connectivity index (χ2n) is 7.55. The lowest BCUT2D eigenvalue weighted by molar-refractivity contribution is 0.151. The molecule has 3 rings (SSSR count). The predicted molar refractivity (Wildman–Crippen MR) is 101 cm³/mol. The summed E-state index contributed by atoms with van der Waals surface area (Å²) in [5, 5.41) is 12.9. The van der Waals surface area contributed by atoms with E-state index in [2.05, 4.69) is 44.0 Å². The highest BCUT2D eigenvalue weighted by Crippen LogP contribution is 2.22. The van der Waals surface area contributed by atoms with E-state index in [-0.39, 0.29) is 6.61 Å². The minimum Gasteiger partial charge on any atom is -0.396 e. The number of likely N-dealkylation sites (N-methyl/N-ethyl adjacent to an activating group) is 1. The van der Waals surface area contributed by atoms with Crippen LogP contribution in [-0.4, -0.2) is 90.4 Å². The fourth-order valence-electron chi connectivity index (χ4n) is 3.74. The van der Waals surface area contributed by atoms with Crippen LogP contribution < -0.4 is 10.2 Å². The molecule has 2 N–H and O–H groups in total. The van der Waals surface area contributed by atoms with E-state index < -0.39 is 0 Å². The maximum absolute atomic E-state index is 9.42. The van der Waals surface area contributed by atoms with E-state index in [4.69, 9.17) is 0 Å². The molecule has 0 amide bonds. The summed E-state index contributed by atoms with van der Waals surface area (Å²) in [5.41, 5.74) is 0. The monoisotopic (exact) mass is 348 g/mol.